The molecule has 3 aliphatic heterocycles. The van der Waals surface area contributed by atoms with E-state index in [4.69, 9.17) is 33.2 Å². The SMILES string of the molecule is CCC(C)(C)C(=O)OC(C)(C)C12CC3CC(CC(C3)C1)C2.CCC(C)(C)C(=O)OC12CC3CC(C1)CC(C(=O)OC(CS(=O)(=O)[O-])C(F)(F)F)(C3)C2.CCC(C)(C)C(=O)OC1C2CC3C(=O)OC1C3O2.CCC(C)(C)C(=O)Oc1ccc(O)c2c1C(=O)c1ccccc1C2=O.CCC(C)c1ccc(OC(C)(C)CC)cc1.c1ccc(-[s+]2c3ccccc3c3ccccc32)cc1. The maximum absolute atomic E-state index is 13.3. The molecule has 6 aromatic carbocycles. The zero-order chi connectivity index (χ0) is 95.2. The van der Waals surface area contributed by atoms with Gasteiger partial charge in [-0.3, -0.25) is 38.4 Å². The van der Waals surface area contributed by atoms with E-state index in [-0.39, 0.29) is 121 Å². The largest absolute Gasteiger partial charge is 0.748 e. The van der Waals surface area contributed by atoms with E-state index in [0.29, 0.717) is 57.3 Å². The van der Waals surface area contributed by atoms with Gasteiger partial charge in [-0.15, -0.1) is 0 Å². The fourth-order valence-electron chi connectivity index (χ4n) is 20.7. The summed E-state index contributed by atoms with van der Waals surface area (Å²) in [6.07, 6.45) is 6.74. The summed E-state index contributed by atoms with van der Waals surface area (Å²) < 4.78 is 120. The van der Waals surface area contributed by atoms with Gasteiger partial charge in [0, 0.05) is 44.2 Å². The first-order valence-electron chi connectivity index (χ1n) is 46.6. The van der Waals surface area contributed by atoms with Gasteiger partial charge >= 0.3 is 42.0 Å². The van der Waals surface area contributed by atoms with Gasteiger partial charge < -0.3 is 47.6 Å². The number of phenolic OH excluding ortho intramolecular Hbond substituents is 1. The van der Waals surface area contributed by atoms with Crippen LogP contribution in [0.1, 0.15) is 297 Å². The van der Waals surface area contributed by atoms with E-state index >= 15 is 0 Å². The molecule has 1 aromatic heterocycles. The Kier molecular flexibility index (Phi) is 29.6. The summed E-state index contributed by atoms with van der Waals surface area (Å²) >= 11 is 0. The summed E-state index contributed by atoms with van der Waals surface area (Å²) in [7, 11) is -5.21. The van der Waals surface area contributed by atoms with Crippen LogP contribution >= 0.6 is 10.5 Å². The number of alkyl halides is 3. The molecule has 12 aliphatic rings. The lowest BCUT2D eigenvalue weighted by Crippen LogP contribution is -2.61. The Hall–Kier alpha value is -9.04. The van der Waals surface area contributed by atoms with Crippen molar-refractivity contribution in [1.82, 2.24) is 0 Å². The zero-order valence-electron chi connectivity index (χ0n) is 79.0. The van der Waals surface area contributed by atoms with Crippen LogP contribution in [-0.2, 0) is 67.3 Å². The number of ether oxygens (including phenoxy) is 8. The minimum atomic E-state index is -5.27. The maximum atomic E-state index is 13.3. The van der Waals surface area contributed by atoms with Gasteiger partial charge in [-0.25, -0.2) is 8.42 Å². The predicted molar refractivity (Wildman–Crippen MR) is 492 cm³/mol. The molecule has 1 N–H and O–H groups in total. The van der Waals surface area contributed by atoms with Crippen LogP contribution in [0.25, 0.3) is 25.1 Å². The number of fused-ring (bicyclic) bond motifs is 6. The third-order valence-corrected chi connectivity index (χ3v) is 33.2. The Balaban J connectivity index is 0.000000143. The highest BCUT2D eigenvalue weighted by Gasteiger charge is 2.67. The van der Waals surface area contributed by atoms with E-state index in [9.17, 15) is 69.6 Å². The molecule has 4 heterocycles. The number of hydrogen-bond donors (Lipinski definition) is 1. The summed E-state index contributed by atoms with van der Waals surface area (Å²) in [4.78, 5) is 101. The monoisotopic (exact) mass is 1830 g/mol. The molecule has 3 saturated heterocycles. The van der Waals surface area contributed by atoms with E-state index in [1.807, 2.05) is 48.5 Å². The summed E-state index contributed by atoms with van der Waals surface area (Å²) in [5, 5.41) is 12.9. The number of phenols is 1. The van der Waals surface area contributed by atoms with E-state index in [1.165, 1.54) is 93.8 Å². The van der Waals surface area contributed by atoms with Gasteiger partial charge in [0.05, 0.1) is 66.1 Å². The summed E-state index contributed by atoms with van der Waals surface area (Å²) in [5.41, 5.74) is -3.02. The Morgan fingerprint density at radius 3 is 1.55 bits per heavy atom. The van der Waals surface area contributed by atoms with Crippen LogP contribution in [0.3, 0.4) is 0 Å². The molecular weight excluding hydrogens is 1700 g/mol. The number of ketones is 2. The number of hydrogen-bond acceptors (Lipinski definition) is 20. The molecule has 10 bridgehead atoms. The molecule has 19 rings (SSSR count). The molecule has 130 heavy (non-hydrogen) atoms. The Morgan fingerprint density at radius 2 is 1.04 bits per heavy atom. The van der Waals surface area contributed by atoms with Gasteiger partial charge in [-0.05, 0) is 300 Å². The molecule has 9 atom stereocenters. The second-order valence-corrected chi connectivity index (χ2v) is 45.3. The number of esters is 6. The number of halogens is 3. The van der Waals surface area contributed by atoms with Gasteiger partial charge in [-0.2, -0.15) is 13.2 Å². The van der Waals surface area contributed by atoms with Crippen molar-refractivity contribution in [3.05, 3.63) is 167 Å². The van der Waals surface area contributed by atoms with Crippen molar-refractivity contribution in [3.63, 3.8) is 0 Å². The van der Waals surface area contributed by atoms with E-state index < -0.39 is 97.1 Å². The molecule has 0 amide bonds. The van der Waals surface area contributed by atoms with Crippen LogP contribution in [0.15, 0.2) is 140 Å². The molecule has 0 radical (unpaired) electrons. The zero-order valence-corrected chi connectivity index (χ0v) is 80.6. The lowest BCUT2D eigenvalue weighted by Gasteiger charge is -2.61. The lowest BCUT2D eigenvalue weighted by molar-refractivity contribution is -0.239. The first kappa shape index (κ1) is 100.0. The van der Waals surface area contributed by atoms with Crippen LogP contribution < -0.4 is 9.47 Å². The number of benzene rings is 6. The molecule has 9 unspecified atom stereocenters. The molecule has 20 nitrogen and oxygen atoms in total. The Labute approximate surface area is 767 Å². The Bertz CT molecular complexity index is 5340. The number of carbonyl (C=O) groups excluding carboxylic acids is 8. The van der Waals surface area contributed by atoms with Crippen LogP contribution in [0.4, 0.5) is 13.2 Å². The molecule has 0 spiro atoms. The van der Waals surface area contributed by atoms with Gasteiger partial charge in [0.1, 0.15) is 40.2 Å². The number of carbonyl (C=O) groups is 8. The van der Waals surface area contributed by atoms with Gasteiger partial charge in [-0.1, -0.05) is 127 Å². The quantitative estimate of drug-likeness (QED) is 0.0205. The van der Waals surface area contributed by atoms with Gasteiger partial charge in [0.2, 0.25) is 6.10 Å². The highest BCUT2D eigenvalue weighted by atomic mass is 32.2. The molecule has 8 saturated carbocycles. The van der Waals surface area contributed by atoms with Crippen LogP contribution in [0.2, 0.25) is 0 Å². The van der Waals surface area contributed by atoms with Crippen molar-refractivity contribution in [2.75, 3.05) is 5.75 Å². The standard InChI is InChI=1S/C20H29F3O7S.C20H18O5.C19H32O2.C18H13S.C15H24O.C13H18O5/c1-4-17(2,3)15(24)30-19-8-12-5-13(9-19)7-18(6-12,11-19)16(25)29-14(20(21,22)23)10-31(26,27)28;1-4-20(2,3)19(24)25-14-10-9-13(21)15-16(14)18(23)12-8-6-5-7-11(12)17(15)22;1-6-17(2,3)16(20)21-18(4,5)19-10-13-7-14(11-19)9-15(8-13)12-19;1-2-8-14(9-3-1)19-17-12-6-4-10-15(17)16-11-5-7-13-18(16)19;1-6-12(3)13-8-10-14(11-9-13)16-15(4,5)7-2;1-4-13(2,3)12(15)18-9-7-5-6-8(16-7)10(9)17-11(6)14/h12-14H,4-11H2,1-3H3,(H,26,27,28);5-10,21H,4H2,1-3H3;13-15H,6-12H2,1-5H3;1-13H;8-12H,6-7H2,1-5H3;6-10H,4-5H2,1-3H3/q;;;+1;;/p-1. The first-order chi connectivity index (χ1) is 60.8. The lowest BCUT2D eigenvalue weighted by atomic mass is 9.46. The molecular formula is C105H133F3O20S2. The van der Waals surface area contributed by atoms with Crippen LogP contribution in [-0.4, -0.2) is 125 Å². The molecule has 25 heteroatoms. The highest BCUT2D eigenvalue weighted by molar-refractivity contribution is 7.85. The Morgan fingerprint density at radius 1 is 0.554 bits per heavy atom. The topological polar surface area (TPSA) is 288 Å². The number of thiophene rings is 1. The fraction of sp³-hybridized carbons (Fsp3) is 0.581. The van der Waals surface area contributed by atoms with Gasteiger partial charge in [0.15, 0.2) is 38.1 Å². The summed E-state index contributed by atoms with van der Waals surface area (Å²) in [6, 6.07) is 45.9. The third kappa shape index (κ3) is 21.4. The maximum Gasteiger partial charge on any atom is 0.426 e. The van der Waals surface area contributed by atoms with Gasteiger partial charge in [0.25, 0.3) is 0 Å². The normalized spacial score (nSPS) is 25.8. The van der Waals surface area contributed by atoms with Crippen molar-refractivity contribution in [1.29, 1.82) is 0 Å². The second kappa shape index (κ2) is 38.5. The molecule has 11 fully saturated rings. The molecule has 7 aromatic rings. The number of aromatic hydroxyl groups is 1. The number of rotatable bonds is 23. The van der Waals surface area contributed by atoms with Crippen molar-refractivity contribution < 1.29 is 107 Å². The van der Waals surface area contributed by atoms with Crippen LogP contribution in [0.5, 0.6) is 17.2 Å². The van der Waals surface area contributed by atoms with E-state index in [0.717, 1.165) is 42.8 Å². The van der Waals surface area contributed by atoms with Crippen molar-refractivity contribution in [3.8, 4) is 22.1 Å². The van der Waals surface area contributed by atoms with Crippen molar-refractivity contribution in [2.45, 2.75) is 313 Å². The second-order valence-electron chi connectivity index (χ2n) is 41.9. The minimum absolute atomic E-state index is 0.00100. The van der Waals surface area contributed by atoms with Crippen LogP contribution in [0, 0.1) is 68.0 Å². The first-order valence-corrected chi connectivity index (χ1v) is 49.4. The molecule has 706 valence electrons. The smallest absolute Gasteiger partial charge is 0.426 e. The third-order valence-electron chi connectivity index (χ3n) is 30.2. The average Bonchev–Trinajstić information content (AvgIpc) is 1.33. The average molecular weight is 1840 g/mol. The van der Waals surface area contributed by atoms with Crippen molar-refractivity contribution >= 4 is 88.1 Å². The van der Waals surface area contributed by atoms with Crippen molar-refractivity contribution in [2.24, 2.45) is 68.0 Å². The summed E-state index contributed by atoms with van der Waals surface area (Å²) in [5.74, 6) is -1.48. The highest BCUT2D eigenvalue weighted by Crippen LogP contribution is 2.66. The molecule has 9 aliphatic carbocycles. The predicted octanol–water partition coefficient (Wildman–Crippen LogP) is 23.3. The van der Waals surface area contributed by atoms with E-state index in [2.05, 4.69) is 163 Å². The summed E-state index contributed by atoms with van der Waals surface area (Å²) in [6.45, 7) is 37.6. The van der Waals surface area contributed by atoms with E-state index in [1.54, 1.807) is 45.9 Å². The minimum Gasteiger partial charge on any atom is -0.748 e. The fourth-order valence-corrected chi connectivity index (χ4v) is 23.8.